The molecule has 1 aromatic carbocycles. The van der Waals surface area contributed by atoms with Gasteiger partial charge in [0.2, 0.25) is 35.4 Å². The van der Waals surface area contributed by atoms with Gasteiger partial charge in [-0.15, -0.1) is 0 Å². The summed E-state index contributed by atoms with van der Waals surface area (Å²) in [6.07, 6.45) is 2.20. The van der Waals surface area contributed by atoms with Crippen molar-refractivity contribution in [2.45, 2.75) is 96.8 Å². The highest BCUT2D eigenvalue weighted by Crippen LogP contribution is 2.36. The lowest BCUT2D eigenvalue weighted by Crippen LogP contribution is -2.58. The molecule has 1 aliphatic rings. The number of amides is 6. The Kier molecular flexibility index (Phi) is 18.1. The quantitative estimate of drug-likeness (QED) is 0.0861. The fourth-order valence-corrected chi connectivity index (χ4v) is 5.75. The number of benzene rings is 1. The van der Waals surface area contributed by atoms with E-state index in [2.05, 4.69) is 35.6 Å². The Morgan fingerprint density at radius 3 is 2.26 bits per heavy atom. The van der Waals surface area contributed by atoms with Crippen molar-refractivity contribution in [1.82, 2.24) is 31.5 Å². The van der Waals surface area contributed by atoms with Crippen LogP contribution in [0.5, 0.6) is 0 Å². The molecule has 0 radical (unpaired) electrons. The minimum Gasteiger partial charge on any atom is -0.756 e. The van der Waals surface area contributed by atoms with Gasteiger partial charge < -0.3 is 45.4 Å². The lowest BCUT2D eigenvalue weighted by Gasteiger charge is -2.28. The number of rotatable bonds is 21. The van der Waals surface area contributed by atoms with E-state index >= 15 is 0 Å². The van der Waals surface area contributed by atoms with Crippen LogP contribution in [0.25, 0.3) is 0 Å². The second-order valence-electron chi connectivity index (χ2n) is 12.5. The molecule has 0 aromatic heterocycles. The maximum atomic E-state index is 13.7. The van der Waals surface area contributed by atoms with Crippen LogP contribution < -0.4 is 31.5 Å². The molecule has 0 spiro atoms. The summed E-state index contributed by atoms with van der Waals surface area (Å²) in [5.41, 5.74) is 0.764. The van der Waals surface area contributed by atoms with Crippen LogP contribution in [0.4, 0.5) is 0 Å². The number of hydrogen-bond donors (Lipinski definition) is 5. The van der Waals surface area contributed by atoms with Crippen molar-refractivity contribution in [3.63, 3.8) is 0 Å². The van der Waals surface area contributed by atoms with E-state index in [1.54, 1.807) is 36.1 Å². The fourth-order valence-electron chi connectivity index (χ4n) is 5.33. The van der Waals surface area contributed by atoms with E-state index in [0.29, 0.717) is 25.8 Å². The van der Waals surface area contributed by atoms with Gasteiger partial charge in [-0.1, -0.05) is 51.1 Å². The molecular formula is C33H52N6O10P-. The summed E-state index contributed by atoms with van der Waals surface area (Å²) in [7, 11) is -3.41. The second kappa shape index (κ2) is 21.4. The molecule has 5 atom stereocenters. The summed E-state index contributed by atoms with van der Waals surface area (Å²) >= 11 is 0. The highest BCUT2D eigenvalue weighted by Gasteiger charge is 2.36. The molecule has 17 heteroatoms. The van der Waals surface area contributed by atoms with E-state index < -0.39 is 55.6 Å². The standard InChI is InChI=1S/C33H53N6O10P/c1-6-29(41)39-18-11-14-27(39)33(45)38-25(20-22(2)3)32(44)37-26(21-24-12-8-7-9-13-24)31(43)36-23(4)30(42)35-16-10-15-28(40)34-17-19-49-50(46,47)48-5/h7-9,12-13,22-23,25-27H,6,10-11,14-21H2,1-5H3,(H,34,40)(H,35,42)(H,36,43)(H,37,44)(H,38,45)(H,46,47)/p-1/t23-,25-,26-,27-/m0/s1. The molecule has 0 aliphatic carbocycles. The van der Waals surface area contributed by atoms with E-state index in [0.717, 1.165) is 12.7 Å². The third-order valence-corrected chi connectivity index (χ3v) is 8.91. The number of carbonyl (C=O) groups excluding carboxylic acids is 6. The fraction of sp³-hybridized carbons (Fsp3) is 0.636. The summed E-state index contributed by atoms with van der Waals surface area (Å²) in [5.74, 6) is -2.56. The maximum Gasteiger partial charge on any atom is 0.267 e. The molecule has 1 heterocycles. The minimum atomic E-state index is -4.37. The Balaban J connectivity index is 1.99. The predicted molar refractivity (Wildman–Crippen MR) is 182 cm³/mol. The Labute approximate surface area is 293 Å². The molecule has 1 fully saturated rings. The van der Waals surface area contributed by atoms with Crippen LogP contribution in [0.2, 0.25) is 0 Å². The number of phosphoric ester groups is 1. The van der Waals surface area contributed by atoms with Crippen LogP contribution in [0.3, 0.4) is 0 Å². The van der Waals surface area contributed by atoms with Gasteiger partial charge in [0.25, 0.3) is 7.82 Å². The zero-order valence-corrected chi connectivity index (χ0v) is 30.4. The minimum absolute atomic E-state index is 0.0215. The first-order chi connectivity index (χ1) is 23.7. The van der Waals surface area contributed by atoms with Gasteiger partial charge in [0, 0.05) is 46.0 Å². The molecule has 280 valence electrons. The van der Waals surface area contributed by atoms with Crippen LogP contribution in [0.1, 0.15) is 71.8 Å². The van der Waals surface area contributed by atoms with Crippen molar-refractivity contribution in [2.24, 2.45) is 5.92 Å². The molecule has 5 N–H and O–H groups in total. The Bertz CT molecular complexity index is 1350. The smallest absolute Gasteiger partial charge is 0.267 e. The molecule has 6 amide bonds. The first-order valence-corrected chi connectivity index (χ1v) is 18.4. The molecule has 2 rings (SSSR count). The Morgan fingerprint density at radius 1 is 0.940 bits per heavy atom. The zero-order chi connectivity index (χ0) is 37.3. The maximum absolute atomic E-state index is 13.7. The normalized spacial score (nSPS) is 17.2. The topological polar surface area (TPSA) is 224 Å². The highest BCUT2D eigenvalue weighted by atomic mass is 31.2. The van der Waals surface area contributed by atoms with Crippen LogP contribution in [0, 0.1) is 5.92 Å². The summed E-state index contributed by atoms with van der Waals surface area (Å²) in [6, 6.07) is 5.35. The predicted octanol–water partition coefficient (Wildman–Crippen LogP) is 0.295. The Hall–Kier alpha value is -3.85. The summed E-state index contributed by atoms with van der Waals surface area (Å²) < 4.78 is 19.8. The first-order valence-electron chi connectivity index (χ1n) is 17.0. The van der Waals surface area contributed by atoms with Crippen molar-refractivity contribution in [1.29, 1.82) is 0 Å². The van der Waals surface area contributed by atoms with Crippen molar-refractivity contribution >= 4 is 43.3 Å². The first kappa shape index (κ1) is 42.3. The van der Waals surface area contributed by atoms with E-state index in [1.165, 1.54) is 6.92 Å². The number of likely N-dealkylation sites (tertiary alicyclic amines) is 1. The molecule has 1 aromatic rings. The van der Waals surface area contributed by atoms with Gasteiger partial charge in [-0.3, -0.25) is 33.3 Å². The van der Waals surface area contributed by atoms with Crippen LogP contribution in [0.15, 0.2) is 30.3 Å². The zero-order valence-electron chi connectivity index (χ0n) is 29.5. The van der Waals surface area contributed by atoms with E-state index in [4.69, 9.17) is 0 Å². The van der Waals surface area contributed by atoms with Gasteiger partial charge in [-0.25, -0.2) is 0 Å². The average molecular weight is 724 g/mol. The third-order valence-electron chi connectivity index (χ3n) is 7.96. The lowest BCUT2D eigenvalue weighted by molar-refractivity contribution is -0.222. The van der Waals surface area contributed by atoms with Crippen molar-refractivity contribution in [3.05, 3.63) is 35.9 Å². The molecule has 1 unspecified atom stereocenters. The Morgan fingerprint density at radius 2 is 1.62 bits per heavy atom. The van der Waals surface area contributed by atoms with Crippen LogP contribution in [-0.4, -0.2) is 97.9 Å². The van der Waals surface area contributed by atoms with Gasteiger partial charge in [-0.05, 0) is 44.1 Å². The second-order valence-corrected chi connectivity index (χ2v) is 14.0. The summed E-state index contributed by atoms with van der Waals surface area (Å²) in [4.78, 5) is 90.3. The monoisotopic (exact) mass is 723 g/mol. The average Bonchev–Trinajstić information content (AvgIpc) is 3.58. The number of carbonyl (C=O) groups is 6. The largest absolute Gasteiger partial charge is 0.756 e. The molecule has 16 nitrogen and oxygen atoms in total. The summed E-state index contributed by atoms with van der Waals surface area (Å²) in [5, 5.41) is 13.4. The molecule has 0 bridgehead atoms. The van der Waals surface area contributed by atoms with Crippen molar-refractivity contribution < 1.29 is 47.3 Å². The van der Waals surface area contributed by atoms with Gasteiger partial charge in [-0.2, -0.15) is 0 Å². The summed E-state index contributed by atoms with van der Waals surface area (Å²) in [6.45, 7) is 7.32. The number of nitrogens with one attached hydrogen (secondary N) is 5. The van der Waals surface area contributed by atoms with E-state index in [1.807, 2.05) is 19.9 Å². The third kappa shape index (κ3) is 15.0. The molecular weight excluding hydrogens is 671 g/mol. The molecule has 50 heavy (non-hydrogen) atoms. The number of phosphoric acid groups is 1. The van der Waals surface area contributed by atoms with Crippen LogP contribution >= 0.6 is 7.82 Å². The van der Waals surface area contributed by atoms with Crippen molar-refractivity contribution in [3.8, 4) is 0 Å². The van der Waals surface area contributed by atoms with Crippen molar-refractivity contribution in [2.75, 3.05) is 33.4 Å². The van der Waals surface area contributed by atoms with Gasteiger partial charge >= 0.3 is 0 Å². The lowest BCUT2D eigenvalue weighted by atomic mass is 10.0. The van der Waals surface area contributed by atoms with Gasteiger partial charge in [0.05, 0.1) is 6.61 Å². The molecule has 1 saturated heterocycles. The molecule has 0 saturated carbocycles. The van der Waals surface area contributed by atoms with Gasteiger partial charge in [0.1, 0.15) is 24.2 Å². The number of hydrogen-bond acceptors (Lipinski definition) is 10. The number of nitrogens with zero attached hydrogens (tertiary/aromatic N) is 1. The van der Waals surface area contributed by atoms with E-state index in [9.17, 15) is 38.2 Å². The highest BCUT2D eigenvalue weighted by molar-refractivity contribution is 7.45. The van der Waals surface area contributed by atoms with E-state index in [-0.39, 0.29) is 63.1 Å². The van der Waals surface area contributed by atoms with Gasteiger partial charge in [0.15, 0.2) is 0 Å². The SMILES string of the molecule is CCC(=O)N1CCC[C@H]1C(=O)N[C@@H](CC(C)C)C(=O)N[C@@H](Cc1ccccc1)C(=O)N[C@@H](C)C(=O)NCCCC(=O)NCCOP(=O)([O-])OC. The van der Waals surface area contributed by atoms with Crippen LogP contribution in [-0.2, 0) is 48.8 Å². The molecule has 1 aliphatic heterocycles.